The molecule has 2 heterocycles. The summed E-state index contributed by atoms with van der Waals surface area (Å²) in [6.07, 6.45) is 6.60. The van der Waals surface area contributed by atoms with Gasteiger partial charge in [0.15, 0.2) is 17.5 Å². The lowest BCUT2D eigenvalue weighted by Crippen LogP contribution is -2.05. The van der Waals surface area contributed by atoms with Gasteiger partial charge in [0.25, 0.3) is 0 Å². The fourth-order valence-corrected chi connectivity index (χ4v) is 8.39. The lowest BCUT2D eigenvalue weighted by atomic mass is 9.95. The zero-order chi connectivity index (χ0) is 34.9. The van der Waals surface area contributed by atoms with E-state index in [4.69, 9.17) is 15.0 Å². The van der Waals surface area contributed by atoms with E-state index in [2.05, 4.69) is 156 Å². The summed E-state index contributed by atoms with van der Waals surface area (Å²) in [4.78, 5) is 15.6. The highest BCUT2D eigenvalue weighted by Gasteiger charge is 2.21. The topological polar surface area (TPSA) is 43.6 Å². The third-order valence-corrected chi connectivity index (χ3v) is 10.8. The second kappa shape index (κ2) is 11.8. The maximum Gasteiger partial charge on any atom is 0.164 e. The summed E-state index contributed by atoms with van der Waals surface area (Å²) in [7, 11) is 0. The number of nitrogens with zero attached hydrogens (tertiary/aromatic N) is 4. The lowest BCUT2D eigenvalue weighted by molar-refractivity contribution is 0.889. The maximum absolute atomic E-state index is 5.30. The number of allylic oxidation sites excluding steroid dienone is 1. The van der Waals surface area contributed by atoms with E-state index in [0.717, 1.165) is 51.4 Å². The molecule has 11 rings (SSSR count). The SMILES string of the molecule is C1=Cc2c(n(-c3cc(-c4nc(-c5ccccc5)nc(-c5ccc6c(ccc7ccc8ccccc8c76)c5)n4)c4ccccc4c3)c3ccccc23)CC1. The van der Waals surface area contributed by atoms with Gasteiger partial charge >= 0.3 is 0 Å². The Hall–Kier alpha value is -6.91. The average Bonchev–Trinajstić information content (AvgIpc) is 3.57. The van der Waals surface area contributed by atoms with Crippen LogP contribution in [-0.4, -0.2) is 19.5 Å². The van der Waals surface area contributed by atoms with E-state index in [1.807, 2.05) is 18.2 Å². The summed E-state index contributed by atoms with van der Waals surface area (Å²) in [6.45, 7) is 0. The van der Waals surface area contributed by atoms with Crippen LogP contribution in [0.15, 0.2) is 164 Å². The first kappa shape index (κ1) is 29.8. The first-order valence-corrected chi connectivity index (χ1v) is 18.3. The minimum atomic E-state index is 0.650. The lowest BCUT2D eigenvalue weighted by Gasteiger charge is -2.17. The van der Waals surface area contributed by atoms with Gasteiger partial charge in [-0.2, -0.15) is 0 Å². The van der Waals surface area contributed by atoms with Crippen LogP contribution in [0.3, 0.4) is 0 Å². The molecule has 248 valence electrons. The van der Waals surface area contributed by atoms with Crippen LogP contribution in [0.5, 0.6) is 0 Å². The van der Waals surface area contributed by atoms with Crippen LogP contribution in [0.4, 0.5) is 0 Å². The summed E-state index contributed by atoms with van der Waals surface area (Å²) < 4.78 is 2.45. The van der Waals surface area contributed by atoms with Crippen molar-refractivity contribution in [2.24, 2.45) is 0 Å². The van der Waals surface area contributed by atoms with Crippen LogP contribution in [-0.2, 0) is 6.42 Å². The first-order chi connectivity index (χ1) is 26.3. The molecule has 53 heavy (non-hydrogen) atoms. The van der Waals surface area contributed by atoms with Gasteiger partial charge in [-0.1, -0.05) is 146 Å². The number of rotatable bonds is 4. The Morgan fingerprint density at radius 3 is 1.96 bits per heavy atom. The summed E-state index contributed by atoms with van der Waals surface area (Å²) >= 11 is 0. The van der Waals surface area contributed by atoms with Gasteiger partial charge < -0.3 is 4.57 Å². The Bertz CT molecular complexity index is 3120. The van der Waals surface area contributed by atoms with Crippen molar-refractivity contribution in [1.29, 1.82) is 0 Å². The molecule has 0 N–H and O–H groups in total. The molecule has 2 aromatic heterocycles. The molecule has 1 aliphatic rings. The Morgan fingerprint density at radius 2 is 1.09 bits per heavy atom. The summed E-state index contributed by atoms with van der Waals surface area (Å²) in [5.74, 6) is 1.96. The van der Waals surface area contributed by atoms with Gasteiger partial charge in [0.2, 0.25) is 0 Å². The molecular weight excluding hydrogens is 645 g/mol. The van der Waals surface area contributed by atoms with Crippen molar-refractivity contribution >= 4 is 60.1 Å². The Morgan fingerprint density at radius 1 is 0.453 bits per heavy atom. The van der Waals surface area contributed by atoms with E-state index < -0.39 is 0 Å². The van der Waals surface area contributed by atoms with Crippen molar-refractivity contribution in [2.75, 3.05) is 0 Å². The molecule has 0 saturated heterocycles. The predicted octanol–water partition coefficient (Wildman–Crippen LogP) is 12.4. The van der Waals surface area contributed by atoms with Gasteiger partial charge in [-0.25, -0.2) is 15.0 Å². The molecule has 4 heteroatoms. The van der Waals surface area contributed by atoms with Crippen LogP contribution < -0.4 is 0 Å². The van der Waals surface area contributed by atoms with E-state index in [0.29, 0.717) is 17.5 Å². The highest BCUT2D eigenvalue weighted by molar-refractivity contribution is 6.20. The predicted molar refractivity (Wildman–Crippen MR) is 220 cm³/mol. The van der Waals surface area contributed by atoms with Crippen molar-refractivity contribution in [1.82, 2.24) is 19.5 Å². The van der Waals surface area contributed by atoms with Crippen molar-refractivity contribution in [3.63, 3.8) is 0 Å². The van der Waals surface area contributed by atoms with Crippen LogP contribution in [0.25, 0.3) is 99.9 Å². The number of fused-ring (bicyclic) bond motifs is 9. The summed E-state index contributed by atoms with van der Waals surface area (Å²) in [5.41, 5.74) is 7.86. The monoisotopic (exact) mass is 676 g/mol. The summed E-state index contributed by atoms with van der Waals surface area (Å²) in [6, 6.07) is 56.2. The molecule has 8 aromatic carbocycles. The fraction of sp³-hybridized carbons (Fsp3) is 0.0408. The highest BCUT2D eigenvalue weighted by Crippen LogP contribution is 2.39. The second-order valence-electron chi connectivity index (χ2n) is 13.9. The molecule has 4 nitrogen and oxygen atoms in total. The summed E-state index contributed by atoms with van der Waals surface area (Å²) in [5, 5.41) is 10.9. The van der Waals surface area contributed by atoms with Gasteiger partial charge in [-0.05, 0) is 80.2 Å². The molecule has 0 bridgehead atoms. The van der Waals surface area contributed by atoms with E-state index in [9.17, 15) is 0 Å². The van der Waals surface area contributed by atoms with Crippen molar-refractivity contribution in [3.05, 3.63) is 175 Å². The van der Waals surface area contributed by atoms with Gasteiger partial charge in [-0.15, -0.1) is 0 Å². The molecular formula is C49H32N4. The highest BCUT2D eigenvalue weighted by atomic mass is 15.0. The van der Waals surface area contributed by atoms with Crippen molar-refractivity contribution in [3.8, 4) is 39.9 Å². The fourth-order valence-electron chi connectivity index (χ4n) is 8.39. The zero-order valence-corrected chi connectivity index (χ0v) is 28.9. The van der Waals surface area contributed by atoms with Crippen LogP contribution in [0.1, 0.15) is 17.7 Å². The van der Waals surface area contributed by atoms with Crippen molar-refractivity contribution in [2.45, 2.75) is 12.8 Å². The van der Waals surface area contributed by atoms with E-state index in [1.54, 1.807) is 0 Å². The molecule has 0 unspecified atom stereocenters. The van der Waals surface area contributed by atoms with Gasteiger partial charge in [0.05, 0.1) is 5.52 Å². The van der Waals surface area contributed by atoms with Gasteiger partial charge in [0, 0.05) is 39.0 Å². The molecule has 0 radical (unpaired) electrons. The standard InChI is InChI=1S/C49H32N4/c1-2-13-33(14-3-1)47-50-48(36-26-27-40-35(28-36)25-24-32-23-22-31-12-4-7-17-39(31)46(32)40)52-49(51-47)43-30-37(29-34-15-5-6-16-38(34)43)53-44-20-10-8-18-41(44)42-19-9-11-21-45(42)53/h1-10,12-20,22-30H,11,21H2. The molecule has 0 saturated carbocycles. The third kappa shape index (κ3) is 4.80. The molecule has 0 fully saturated rings. The number of hydrogen-bond donors (Lipinski definition) is 0. The molecule has 0 aliphatic heterocycles. The zero-order valence-electron chi connectivity index (χ0n) is 28.9. The van der Waals surface area contributed by atoms with Crippen molar-refractivity contribution < 1.29 is 0 Å². The Balaban J connectivity index is 1.15. The van der Waals surface area contributed by atoms with Crippen LogP contribution in [0, 0.1) is 0 Å². The largest absolute Gasteiger partial charge is 0.313 e. The minimum absolute atomic E-state index is 0.650. The number of benzene rings is 8. The number of aromatic nitrogens is 4. The number of hydrogen-bond acceptors (Lipinski definition) is 3. The minimum Gasteiger partial charge on any atom is -0.313 e. The Kier molecular flexibility index (Phi) is 6.65. The molecule has 0 spiro atoms. The molecule has 10 aromatic rings. The van der Waals surface area contributed by atoms with Gasteiger partial charge in [-0.3, -0.25) is 0 Å². The van der Waals surface area contributed by atoms with Crippen LogP contribution in [0.2, 0.25) is 0 Å². The van der Waals surface area contributed by atoms with E-state index in [1.165, 1.54) is 49.1 Å². The first-order valence-electron chi connectivity index (χ1n) is 18.3. The number of para-hydroxylation sites is 1. The van der Waals surface area contributed by atoms with E-state index >= 15 is 0 Å². The maximum atomic E-state index is 5.30. The quantitative estimate of drug-likeness (QED) is 0.174. The van der Waals surface area contributed by atoms with Crippen LogP contribution >= 0.6 is 0 Å². The Labute approximate surface area is 306 Å². The smallest absolute Gasteiger partial charge is 0.164 e. The molecule has 0 atom stereocenters. The molecule has 0 amide bonds. The average molecular weight is 677 g/mol. The second-order valence-corrected chi connectivity index (χ2v) is 13.9. The normalized spacial score (nSPS) is 12.7. The molecule has 1 aliphatic carbocycles. The third-order valence-electron chi connectivity index (χ3n) is 10.8. The van der Waals surface area contributed by atoms with E-state index in [-0.39, 0.29) is 0 Å². The van der Waals surface area contributed by atoms with Gasteiger partial charge in [0.1, 0.15) is 0 Å².